The molecule has 1 unspecified atom stereocenters. The van der Waals surface area contributed by atoms with Gasteiger partial charge < -0.3 is 10.1 Å². The average molecular weight is 346 g/mol. The van der Waals surface area contributed by atoms with Gasteiger partial charge in [-0.2, -0.15) is 0 Å². The number of nitrogens with one attached hydrogen (secondary N) is 1. The molecule has 0 saturated carbocycles. The first kappa shape index (κ1) is 18.0. The van der Waals surface area contributed by atoms with Gasteiger partial charge in [-0.1, -0.05) is 59.6 Å². The van der Waals surface area contributed by atoms with Crippen LogP contribution in [0, 0.1) is 6.92 Å². The molecule has 0 heterocycles. The van der Waals surface area contributed by atoms with Gasteiger partial charge in [-0.05, 0) is 24.1 Å². The molecule has 0 fully saturated rings. The zero-order valence-corrected chi connectivity index (χ0v) is 14.5. The summed E-state index contributed by atoms with van der Waals surface area (Å²) in [6.45, 7) is 1.99. The fraction of sp³-hybridized carbons (Fsp3) is 0.263. The maximum absolute atomic E-state index is 12.4. The van der Waals surface area contributed by atoms with Crippen LogP contribution in [0.4, 0.5) is 0 Å². The van der Waals surface area contributed by atoms with Crippen molar-refractivity contribution in [2.24, 2.45) is 0 Å². The van der Waals surface area contributed by atoms with Crippen molar-refractivity contribution in [2.45, 2.75) is 25.8 Å². The summed E-state index contributed by atoms with van der Waals surface area (Å²) < 4.78 is 4.72. The zero-order chi connectivity index (χ0) is 17.5. The van der Waals surface area contributed by atoms with E-state index in [0.717, 1.165) is 11.1 Å². The molecule has 126 valence electrons. The number of halogens is 1. The summed E-state index contributed by atoms with van der Waals surface area (Å²) in [6.07, 6.45) is 0.266. The minimum absolute atomic E-state index is 0.0276. The van der Waals surface area contributed by atoms with E-state index in [1.165, 1.54) is 7.11 Å². The highest BCUT2D eigenvalue weighted by Gasteiger charge is 2.21. The number of esters is 1. The molecular formula is C19H20ClNO3. The number of methoxy groups -OCH3 is 1. The summed E-state index contributed by atoms with van der Waals surface area (Å²) in [5.41, 5.74) is 2.75. The number of rotatable bonds is 6. The molecule has 2 aromatic rings. The molecule has 5 heteroatoms. The van der Waals surface area contributed by atoms with E-state index in [1.54, 1.807) is 18.2 Å². The zero-order valence-electron chi connectivity index (χ0n) is 13.7. The summed E-state index contributed by atoms with van der Waals surface area (Å²) >= 11 is 6.20. The van der Waals surface area contributed by atoms with Crippen LogP contribution in [-0.4, -0.2) is 19.0 Å². The Bertz CT molecular complexity index is 713. The van der Waals surface area contributed by atoms with E-state index in [9.17, 15) is 9.59 Å². The van der Waals surface area contributed by atoms with E-state index >= 15 is 0 Å². The predicted octanol–water partition coefficient (Wildman–Crippen LogP) is 3.61. The first-order valence-electron chi connectivity index (χ1n) is 7.65. The van der Waals surface area contributed by atoms with Crippen LogP contribution < -0.4 is 5.32 Å². The Labute approximate surface area is 146 Å². The van der Waals surface area contributed by atoms with E-state index in [4.69, 9.17) is 16.3 Å². The van der Waals surface area contributed by atoms with Gasteiger partial charge in [0.05, 0.1) is 26.0 Å². The number of aryl methyl sites for hydroxylation is 1. The highest BCUT2D eigenvalue weighted by molar-refractivity contribution is 6.31. The lowest BCUT2D eigenvalue weighted by Crippen LogP contribution is -2.31. The second kappa shape index (κ2) is 8.50. The number of hydrogen-bond donors (Lipinski definition) is 1. The summed E-state index contributed by atoms with van der Waals surface area (Å²) in [5, 5.41) is 3.38. The Morgan fingerprint density at radius 2 is 1.79 bits per heavy atom. The number of ether oxygens (including phenoxy) is 1. The van der Waals surface area contributed by atoms with Gasteiger partial charge in [-0.25, -0.2) is 0 Å². The highest BCUT2D eigenvalue weighted by Crippen LogP contribution is 2.25. The minimum atomic E-state index is -0.524. The van der Waals surface area contributed by atoms with Crippen LogP contribution in [0.2, 0.25) is 5.02 Å². The Balaban J connectivity index is 2.12. The molecule has 0 aliphatic carbocycles. The van der Waals surface area contributed by atoms with Crippen LogP contribution in [-0.2, 0) is 20.7 Å². The number of hydrogen-bond acceptors (Lipinski definition) is 3. The SMILES string of the molecule is COC(=O)CC(NC(=O)Cc1ccc(C)cc1)c1ccccc1Cl. The molecule has 4 nitrogen and oxygen atoms in total. The Hall–Kier alpha value is -2.33. The van der Waals surface area contributed by atoms with Crippen molar-refractivity contribution in [3.8, 4) is 0 Å². The molecule has 0 aliphatic heterocycles. The van der Waals surface area contributed by atoms with E-state index < -0.39 is 12.0 Å². The lowest BCUT2D eigenvalue weighted by molar-refractivity contribution is -0.141. The molecule has 1 N–H and O–H groups in total. The van der Waals surface area contributed by atoms with E-state index in [1.807, 2.05) is 37.3 Å². The fourth-order valence-electron chi connectivity index (χ4n) is 2.38. The molecule has 0 bridgehead atoms. The van der Waals surface area contributed by atoms with Gasteiger partial charge >= 0.3 is 5.97 Å². The summed E-state index contributed by atoms with van der Waals surface area (Å²) in [4.78, 5) is 24.0. The van der Waals surface area contributed by atoms with Crippen LogP contribution in [0.25, 0.3) is 0 Å². The molecule has 0 radical (unpaired) electrons. The van der Waals surface area contributed by atoms with Crippen molar-refractivity contribution in [3.05, 3.63) is 70.2 Å². The van der Waals surface area contributed by atoms with Crippen LogP contribution in [0.15, 0.2) is 48.5 Å². The smallest absolute Gasteiger partial charge is 0.307 e. The van der Waals surface area contributed by atoms with Crippen molar-refractivity contribution in [1.82, 2.24) is 5.32 Å². The topological polar surface area (TPSA) is 55.4 Å². The molecule has 1 amide bonds. The number of benzene rings is 2. The first-order chi connectivity index (χ1) is 11.5. The lowest BCUT2D eigenvalue weighted by atomic mass is 10.0. The van der Waals surface area contributed by atoms with Crippen molar-refractivity contribution in [3.63, 3.8) is 0 Å². The van der Waals surface area contributed by atoms with Gasteiger partial charge in [0.15, 0.2) is 0 Å². The number of amides is 1. The largest absolute Gasteiger partial charge is 0.469 e. The normalized spacial score (nSPS) is 11.6. The van der Waals surface area contributed by atoms with Crippen molar-refractivity contribution in [1.29, 1.82) is 0 Å². The van der Waals surface area contributed by atoms with Crippen molar-refractivity contribution in [2.75, 3.05) is 7.11 Å². The highest BCUT2D eigenvalue weighted by atomic mass is 35.5. The Morgan fingerprint density at radius 3 is 2.42 bits per heavy atom. The Morgan fingerprint density at radius 1 is 1.12 bits per heavy atom. The maximum atomic E-state index is 12.4. The first-order valence-corrected chi connectivity index (χ1v) is 8.03. The minimum Gasteiger partial charge on any atom is -0.469 e. The van der Waals surface area contributed by atoms with Crippen LogP contribution in [0.5, 0.6) is 0 Å². The molecular weight excluding hydrogens is 326 g/mol. The second-order valence-electron chi connectivity index (χ2n) is 5.58. The Kier molecular flexibility index (Phi) is 6.38. The third-order valence-corrected chi connectivity index (χ3v) is 4.04. The van der Waals surface area contributed by atoms with E-state index in [-0.39, 0.29) is 18.7 Å². The van der Waals surface area contributed by atoms with Gasteiger partial charge in [0.2, 0.25) is 5.91 Å². The van der Waals surface area contributed by atoms with Gasteiger partial charge in [0, 0.05) is 5.02 Å². The molecule has 0 aromatic heterocycles. The molecule has 0 spiro atoms. The molecule has 0 aliphatic rings. The monoisotopic (exact) mass is 345 g/mol. The summed E-state index contributed by atoms with van der Waals surface area (Å²) in [7, 11) is 1.32. The van der Waals surface area contributed by atoms with Crippen LogP contribution in [0.1, 0.15) is 29.2 Å². The molecule has 24 heavy (non-hydrogen) atoms. The second-order valence-corrected chi connectivity index (χ2v) is 5.99. The standard InChI is InChI=1S/C19H20ClNO3/c1-13-7-9-14(10-8-13)11-18(22)21-17(12-19(23)24-2)15-5-3-4-6-16(15)20/h3-10,17H,11-12H2,1-2H3,(H,21,22). The molecule has 2 aromatic carbocycles. The molecule has 1 atom stereocenters. The van der Waals surface area contributed by atoms with Crippen LogP contribution >= 0.6 is 11.6 Å². The average Bonchev–Trinajstić information content (AvgIpc) is 2.56. The molecule has 0 saturated heterocycles. The summed E-state index contributed by atoms with van der Waals surface area (Å²) in [6, 6.07) is 14.4. The van der Waals surface area contributed by atoms with E-state index in [0.29, 0.717) is 10.6 Å². The van der Waals surface area contributed by atoms with Gasteiger partial charge in [-0.15, -0.1) is 0 Å². The third-order valence-electron chi connectivity index (χ3n) is 3.70. The molecule has 2 rings (SSSR count). The predicted molar refractivity (Wildman–Crippen MR) is 93.9 cm³/mol. The number of carbonyl (C=O) groups excluding carboxylic acids is 2. The maximum Gasteiger partial charge on any atom is 0.307 e. The number of carbonyl (C=O) groups is 2. The van der Waals surface area contributed by atoms with E-state index in [2.05, 4.69) is 5.32 Å². The van der Waals surface area contributed by atoms with Gasteiger partial charge in [0.1, 0.15) is 0 Å². The third kappa shape index (κ3) is 5.10. The van der Waals surface area contributed by atoms with Crippen molar-refractivity contribution >= 4 is 23.5 Å². The van der Waals surface area contributed by atoms with Crippen LogP contribution in [0.3, 0.4) is 0 Å². The quantitative estimate of drug-likeness (QED) is 0.814. The summed E-state index contributed by atoms with van der Waals surface area (Å²) in [5.74, 6) is -0.580. The lowest BCUT2D eigenvalue weighted by Gasteiger charge is -2.19. The van der Waals surface area contributed by atoms with Crippen molar-refractivity contribution < 1.29 is 14.3 Å². The van der Waals surface area contributed by atoms with Gasteiger partial charge in [0.25, 0.3) is 0 Å². The fourth-order valence-corrected chi connectivity index (χ4v) is 2.65. The van der Waals surface area contributed by atoms with Gasteiger partial charge in [-0.3, -0.25) is 9.59 Å².